The molecule has 66 valence electrons. The van der Waals surface area contributed by atoms with E-state index in [9.17, 15) is 4.79 Å². The third-order valence-electron chi connectivity index (χ3n) is 1.29. The Kier molecular flexibility index (Phi) is 2.47. The molecule has 0 saturated heterocycles. The van der Waals surface area contributed by atoms with E-state index >= 15 is 0 Å². The van der Waals surface area contributed by atoms with Gasteiger partial charge in [-0.1, -0.05) is 0 Å². The minimum Gasteiger partial charge on any atom is -0.478 e. The SMILES string of the molecule is CN(O)Cc1cc(C(=O)O)co1. The Balaban J connectivity index is 2.71. The smallest absolute Gasteiger partial charge is 0.338 e. The number of nitrogens with zero attached hydrogens (tertiary/aromatic N) is 1. The molecule has 1 rings (SSSR count). The lowest BCUT2D eigenvalue weighted by atomic mass is 10.3. The van der Waals surface area contributed by atoms with Gasteiger partial charge in [0.25, 0.3) is 0 Å². The third kappa shape index (κ3) is 2.08. The first-order valence-electron chi connectivity index (χ1n) is 3.30. The first-order valence-corrected chi connectivity index (χ1v) is 3.30. The molecule has 0 radical (unpaired) electrons. The first kappa shape index (κ1) is 8.76. The minimum absolute atomic E-state index is 0.0897. The van der Waals surface area contributed by atoms with Crippen LogP contribution in [-0.4, -0.2) is 28.4 Å². The zero-order valence-electron chi connectivity index (χ0n) is 6.52. The quantitative estimate of drug-likeness (QED) is 0.658. The van der Waals surface area contributed by atoms with Crippen molar-refractivity contribution in [3.05, 3.63) is 23.7 Å². The molecular formula is C7H9NO4. The maximum Gasteiger partial charge on any atom is 0.338 e. The van der Waals surface area contributed by atoms with Crippen LogP contribution in [0.5, 0.6) is 0 Å². The summed E-state index contributed by atoms with van der Waals surface area (Å²) in [6.45, 7) is 0.174. The number of carboxylic acid groups (broad SMARTS) is 1. The fourth-order valence-electron chi connectivity index (χ4n) is 0.801. The number of rotatable bonds is 3. The van der Waals surface area contributed by atoms with Gasteiger partial charge in [0.1, 0.15) is 12.0 Å². The van der Waals surface area contributed by atoms with Gasteiger partial charge >= 0.3 is 5.97 Å². The molecule has 5 nitrogen and oxygen atoms in total. The predicted octanol–water partition coefficient (Wildman–Crippen LogP) is 0.799. The molecule has 12 heavy (non-hydrogen) atoms. The number of hydrogen-bond donors (Lipinski definition) is 2. The van der Waals surface area contributed by atoms with Gasteiger partial charge in [0.05, 0.1) is 12.1 Å². The van der Waals surface area contributed by atoms with E-state index in [1.165, 1.54) is 13.1 Å². The van der Waals surface area contributed by atoms with Crippen LogP contribution in [0, 0.1) is 0 Å². The second-order valence-electron chi connectivity index (χ2n) is 2.42. The van der Waals surface area contributed by atoms with Crippen LogP contribution in [-0.2, 0) is 6.54 Å². The molecule has 0 bridgehead atoms. The highest BCUT2D eigenvalue weighted by Gasteiger charge is 2.08. The van der Waals surface area contributed by atoms with Crippen LogP contribution in [0.25, 0.3) is 0 Å². The number of hydroxylamine groups is 2. The van der Waals surface area contributed by atoms with Crippen molar-refractivity contribution in [3.63, 3.8) is 0 Å². The second-order valence-corrected chi connectivity index (χ2v) is 2.42. The van der Waals surface area contributed by atoms with Crippen molar-refractivity contribution in [2.24, 2.45) is 0 Å². The van der Waals surface area contributed by atoms with E-state index in [4.69, 9.17) is 14.7 Å². The topological polar surface area (TPSA) is 73.9 Å². The van der Waals surface area contributed by atoms with Gasteiger partial charge in [-0.25, -0.2) is 4.79 Å². The lowest BCUT2D eigenvalue weighted by Crippen LogP contribution is -2.10. The molecule has 5 heteroatoms. The van der Waals surface area contributed by atoms with Crippen LogP contribution in [0.3, 0.4) is 0 Å². The lowest BCUT2D eigenvalue weighted by Gasteiger charge is -2.02. The highest BCUT2D eigenvalue weighted by atomic mass is 16.5. The number of carbonyl (C=O) groups is 1. The van der Waals surface area contributed by atoms with Gasteiger partial charge in [-0.15, -0.1) is 0 Å². The molecule has 0 fully saturated rings. The monoisotopic (exact) mass is 171 g/mol. The summed E-state index contributed by atoms with van der Waals surface area (Å²) < 4.78 is 4.85. The van der Waals surface area contributed by atoms with Gasteiger partial charge in [0, 0.05) is 7.05 Å². The standard InChI is InChI=1S/C7H9NO4/c1-8(11)3-6-2-5(4-12-6)7(9)10/h2,4,11H,3H2,1H3,(H,9,10). The van der Waals surface area contributed by atoms with Crippen molar-refractivity contribution in [3.8, 4) is 0 Å². The number of hydrogen-bond acceptors (Lipinski definition) is 4. The molecule has 0 aliphatic carbocycles. The van der Waals surface area contributed by atoms with Crippen molar-refractivity contribution in [2.45, 2.75) is 6.54 Å². The highest BCUT2D eigenvalue weighted by molar-refractivity contribution is 5.87. The van der Waals surface area contributed by atoms with Crippen LogP contribution in [0.2, 0.25) is 0 Å². The molecule has 0 aromatic carbocycles. The number of furan rings is 1. The van der Waals surface area contributed by atoms with Crippen molar-refractivity contribution >= 4 is 5.97 Å². The molecule has 0 aliphatic rings. The second kappa shape index (κ2) is 3.38. The predicted molar refractivity (Wildman–Crippen MR) is 38.9 cm³/mol. The molecular weight excluding hydrogens is 162 g/mol. The molecule has 1 aromatic rings. The zero-order valence-corrected chi connectivity index (χ0v) is 6.52. The Morgan fingerprint density at radius 1 is 1.75 bits per heavy atom. The molecule has 1 aromatic heterocycles. The van der Waals surface area contributed by atoms with Crippen LogP contribution in [0.4, 0.5) is 0 Å². The van der Waals surface area contributed by atoms with Crippen molar-refractivity contribution in [1.82, 2.24) is 5.06 Å². The van der Waals surface area contributed by atoms with Gasteiger partial charge in [-0.3, -0.25) is 0 Å². The summed E-state index contributed by atoms with van der Waals surface area (Å²) in [7, 11) is 1.45. The molecule has 0 unspecified atom stereocenters. The molecule has 0 spiro atoms. The highest BCUT2D eigenvalue weighted by Crippen LogP contribution is 2.08. The average molecular weight is 171 g/mol. The van der Waals surface area contributed by atoms with Crippen LogP contribution in [0.15, 0.2) is 16.7 Å². The molecule has 0 aliphatic heterocycles. The van der Waals surface area contributed by atoms with Gasteiger partial charge in [-0.2, -0.15) is 5.06 Å². The fourth-order valence-corrected chi connectivity index (χ4v) is 0.801. The van der Waals surface area contributed by atoms with Gasteiger partial charge in [-0.05, 0) is 6.07 Å². The van der Waals surface area contributed by atoms with Crippen LogP contribution < -0.4 is 0 Å². The van der Waals surface area contributed by atoms with Crippen molar-refractivity contribution in [2.75, 3.05) is 7.05 Å². The van der Waals surface area contributed by atoms with E-state index in [2.05, 4.69) is 0 Å². The van der Waals surface area contributed by atoms with Crippen molar-refractivity contribution < 1.29 is 19.5 Å². The van der Waals surface area contributed by atoms with Gasteiger partial charge in [0.2, 0.25) is 0 Å². The van der Waals surface area contributed by atoms with Crippen LogP contribution in [0.1, 0.15) is 16.1 Å². The largest absolute Gasteiger partial charge is 0.478 e. The Hall–Kier alpha value is -1.33. The first-order chi connectivity index (χ1) is 5.59. The molecule has 0 atom stereocenters. The Morgan fingerprint density at radius 2 is 2.42 bits per heavy atom. The molecule has 0 amide bonds. The summed E-state index contributed by atoms with van der Waals surface area (Å²) in [4.78, 5) is 10.4. The van der Waals surface area contributed by atoms with E-state index < -0.39 is 5.97 Å². The van der Waals surface area contributed by atoms with Gasteiger partial charge < -0.3 is 14.7 Å². The summed E-state index contributed by atoms with van der Waals surface area (Å²) in [6.07, 6.45) is 1.14. The van der Waals surface area contributed by atoms with E-state index in [1.807, 2.05) is 0 Å². The zero-order chi connectivity index (χ0) is 9.14. The van der Waals surface area contributed by atoms with Gasteiger partial charge in [0.15, 0.2) is 0 Å². The fraction of sp³-hybridized carbons (Fsp3) is 0.286. The summed E-state index contributed by atoms with van der Waals surface area (Å²) >= 11 is 0. The van der Waals surface area contributed by atoms with E-state index in [1.54, 1.807) is 0 Å². The third-order valence-corrected chi connectivity index (χ3v) is 1.29. The minimum atomic E-state index is -1.04. The lowest BCUT2D eigenvalue weighted by molar-refractivity contribution is -0.0774. The van der Waals surface area contributed by atoms with E-state index in [-0.39, 0.29) is 12.1 Å². The van der Waals surface area contributed by atoms with Crippen molar-refractivity contribution in [1.29, 1.82) is 0 Å². The Morgan fingerprint density at radius 3 is 2.83 bits per heavy atom. The van der Waals surface area contributed by atoms with E-state index in [0.717, 1.165) is 11.3 Å². The Labute approximate surface area is 68.8 Å². The molecule has 0 saturated carbocycles. The maximum absolute atomic E-state index is 10.4. The number of aromatic carboxylic acids is 1. The summed E-state index contributed by atoms with van der Waals surface area (Å²) in [5.74, 6) is -0.622. The number of carboxylic acids is 1. The molecule has 1 heterocycles. The van der Waals surface area contributed by atoms with E-state index in [0.29, 0.717) is 5.76 Å². The normalized spacial score (nSPS) is 10.6. The average Bonchev–Trinajstić information content (AvgIpc) is 2.34. The summed E-state index contributed by atoms with van der Waals surface area (Å²) in [5, 5.41) is 18.2. The molecule has 2 N–H and O–H groups in total. The summed E-state index contributed by atoms with van der Waals surface area (Å²) in [6, 6.07) is 1.37. The maximum atomic E-state index is 10.4. The van der Waals surface area contributed by atoms with Crippen LogP contribution >= 0.6 is 0 Å². The summed E-state index contributed by atoms with van der Waals surface area (Å²) in [5.41, 5.74) is 0.0897. The Bertz CT molecular complexity index is 279.